The summed E-state index contributed by atoms with van der Waals surface area (Å²) in [5, 5.41) is 2.97. The van der Waals surface area contributed by atoms with Crippen molar-refractivity contribution in [3.8, 4) is 0 Å². The molecule has 2 atom stereocenters. The molecule has 24 heavy (non-hydrogen) atoms. The van der Waals surface area contributed by atoms with Gasteiger partial charge in [-0.05, 0) is 30.4 Å². The predicted molar refractivity (Wildman–Crippen MR) is 85.8 cm³/mol. The Balaban J connectivity index is 1.49. The van der Waals surface area contributed by atoms with Gasteiger partial charge in [-0.3, -0.25) is 14.6 Å². The summed E-state index contributed by atoms with van der Waals surface area (Å²) in [6.45, 7) is 1.03. The van der Waals surface area contributed by atoms with Crippen molar-refractivity contribution in [1.29, 1.82) is 0 Å². The van der Waals surface area contributed by atoms with Crippen LogP contribution in [0.3, 0.4) is 0 Å². The smallest absolute Gasteiger partial charge is 0.274 e. The Morgan fingerprint density at radius 3 is 3.00 bits per heavy atom. The predicted octanol–water partition coefficient (Wildman–Crippen LogP) is 0.736. The molecule has 0 aromatic carbocycles. The highest BCUT2D eigenvalue weighted by Crippen LogP contribution is 2.56. The molecule has 2 aromatic rings. The first-order chi connectivity index (χ1) is 11.6. The zero-order valence-electron chi connectivity index (χ0n) is 13.5. The van der Waals surface area contributed by atoms with Gasteiger partial charge in [-0.1, -0.05) is 6.07 Å². The summed E-state index contributed by atoms with van der Waals surface area (Å²) in [6.07, 6.45) is 8.34. The quantitative estimate of drug-likeness (QED) is 0.899. The second kappa shape index (κ2) is 5.43. The number of carbonyl (C=O) groups is 2. The van der Waals surface area contributed by atoms with Crippen LogP contribution in [0, 0.1) is 5.92 Å². The summed E-state index contributed by atoms with van der Waals surface area (Å²) >= 11 is 0. The first kappa shape index (κ1) is 14.9. The van der Waals surface area contributed by atoms with Crippen molar-refractivity contribution in [2.75, 3.05) is 6.54 Å². The number of carbonyl (C=O) groups excluding carboxylic acids is 2. The molecule has 0 bridgehead atoms. The lowest BCUT2D eigenvalue weighted by Crippen LogP contribution is -2.50. The van der Waals surface area contributed by atoms with Crippen LogP contribution < -0.4 is 5.32 Å². The van der Waals surface area contributed by atoms with Gasteiger partial charge in [0.05, 0.1) is 6.33 Å². The second-order valence-electron chi connectivity index (χ2n) is 6.54. The average molecular weight is 325 g/mol. The monoisotopic (exact) mass is 325 g/mol. The number of hydrogen-bond donors (Lipinski definition) is 1. The maximum atomic E-state index is 12.8. The van der Waals surface area contributed by atoms with Crippen molar-refractivity contribution in [2.24, 2.45) is 13.0 Å². The van der Waals surface area contributed by atoms with E-state index in [2.05, 4.69) is 15.3 Å². The summed E-state index contributed by atoms with van der Waals surface area (Å²) in [5.74, 6) is 0.0318. The zero-order chi connectivity index (χ0) is 16.7. The molecular formula is C17H19N5O2. The van der Waals surface area contributed by atoms with Crippen LogP contribution in [0.15, 0.2) is 37.1 Å². The van der Waals surface area contributed by atoms with Crippen LogP contribution in [0.2, 0.25) is 0 Å². The second-order valence-corrected chi connectivity index (χ2v) is 6.54. The Bertz CT molecular complexity index is 787. The fraction of sp³-hybridized carbons (Fsp3) is 0.412. The Hall–Kier alpha value is -2.70. The van der Waals surface area contributed by atoms with Gasteiger partial charge in [0.25, 0.3) is 5.91 Å². The highest BCUT2D eigenvalue weighted by Gasteiger charge is 2.68. The van der Waals surface area contributed by atoms with E-state index in [0.717, 1.165) is 18.4 Å². The Morgan fingerprint density at radius 1 is 1.46 bits per heavy atom. The minimum atomic E-state index is -0.684. The van der Waals surface area contributed by atoms with Crippen LogP contribution in [-0.2, 0) is 18.4 Å². The number of pyridine rings is 1. The maximum Gasteiger partial charge on any atom is 0.274 e. The molecule has 3 heterocycles. The van der Waals surface area contributed by atoms with Crippen molar-refractivity contribution in [3.63, 3.8) is 0 Å². The lowest BCUT2D eigenvalue weighted by molar-refractivity contribution is -0.126. The van der Waals surface area contributed by atoms with Crippen LogP contribution in [0.4, 0.5) is 0 Å². The van der Waals surface area contributed by atoms with E-state index in [-0.39, 0.29) is 17.7 Å². The van der Waals surface area contributed by atoms with Gasteiger partial charge in [0.15, 0.2) is 0 Å². The lowest BCUT2D eigenvalue weighted by Gasteiger charge is -2.27. The highest BCUT2D eigenvalue weighted by atomic mass is 16.2. The highest BCUT2D eigenvalue weighted by molar-refractivity contribution is 6.00. The molecule has 1 saturated heterocycles. The van der Waals surface area contributed by atoms with Crippen molar-refractivity contribution in [1.82, 2.24) is 24.8 Å². The van der Waals surface area contributed by atoms with Crippen molar-refractivity contribution in [2.45, 2.75) is 24.9 Å². The first-order valence-corrected chi connectivity index (χ1v) is 8.08. The number of nitrogens with one attached hydrogen (secondary N) is 1. The van der Waals surface area contributed by atoms with E-state index in [9.17, 15) is 9.59 Å². The molecule has 7 heteroatoms. The fourth-order valence-electron chi connectivity index (χ4n) is 3.66. The van der Waals surface area contributed by atoms with E-state index >= 15 is 0 Å². The Labute approximate surface area is 139 Å². The maximum absolute atomic E-state index is 12.8. The van der Waals surface area contributed by atoms with Crippen LogP contribution in [0.5, 0.6) is 0 Å². The number of imidazole rings is 1. The van der Waals surface area contributed by atoms with E-state index in [0.29, 0.717) is 18.8 Å². The van der Waals surface area contributed by atoms with Gasteiger partial charge >= 0.3 is 0 Å². The summed E-state index contributed by atoms with van der Waals surface area (Å²) in [5.41, 5.74) is 0.654. The number of amides is 2. The molecule has 2 aromatic heterocycles. The van der Waals surface area contributed by atoms with Gasteiger partial charge in [0, 0.05) is 38.7 Å². The molecule has 1 aliphatic heterocycles. The Morgan fingerprint density at radius 2 is 2.33 bits per heavy atom. The van der Waals surface area contributed by atoms with Crippen LogP contribution in [0.1, 0.15) is 28.9 Å². The van der Waals surface area contributed by atoms with Crippen molar-refractivity contribution < 1.29 is 9.59 Å². The van der Waals surface area contributed by atoms with Crippen molar-refractivity contribution in [3.05, 3.63) is 48.3 Å². The third kappa shape index (κ3) is 2.28. The van der Waals surface area contributed by atoms with E-state index < -0.39 is 5.54 Å². The van der Waals surface area contributed by atoms with Gasteiger partial charge in [0.1, 0.15) is 11.2 Å². The summed E-state index contributed by atoms with van der Waals surface area (Å²) in [6, 6.07) is 3.76. The molecular weight excluding hydrogens is 306 g/mol. The zero-order valence-corrected chi connectivity index (χ0v) is 13.5. The molecule has 4 rings (SSSR count). The van der Waals surface area contributed by atoms with Crippen molar-refractivity contribution >= 4 is 11.8 Å². The summed E-state index contributed by atoms with van der Waals surface area (Å²) in [4.78, 5) is 35.4. The number of piperidine rings is 1. The number of rotatable bonds is 4. The van der Waals surface area contributed by atoms with Gasteiger partial charge in [0.2, 0.25) is 5.91 Å². The van der Waals surface area contributed by atoms with E-state index in [4.69, 9.17) is 0 Å². The van der Waals surface area contributed by atoms with Crippen LogP contribution in [-0.4, -0.2) is 43.3 Å². The minimum absolute atomic E-state index is 0.0712. The fourth-order valence-corrected chi connectivity index (χ4v) is 3.66. The molecule has 2 unspecified atom stereocenters. The molecule has 0 spiro atoms. The number of hydrogen-bond acceptors (Lipinski definition) is 4. The normalized spacial score (nSPS) is 24.5. The molecule has 1 aliphatic carbocycles. The number of nitrogens with zero attached hydrogens (tertiary/aromatic N) is 4. The molecule has 1 N–H and O–H groups in total. The number of aryl methyl sites for hydroxylation is 1. The summed E-state index contributed by atoms with van der Waals surface area (Å²) < 4.78 is 1.74. The SMILES string of the molecule is Cn1cnc(C(=O)N2CCC3CC32C(=O)NCc2cccnc2)c1. The number of likely N-dealkylation sites (tertiary alicyclic amines) is 1. The molecule has 7 nitrogen and oxygen atoms in total. The van der Waals surface area contributed by atoms with E-state index in [1.54, 1.807) is 34.4 Å². The van der Waals surface area contributed by atoms with E-state index in [1.165, 1.54) is 0 Å². The van der Waals surface area contributed by atoms with E-state index in [1.807, 2.05) is 19.2 Å². The molecule has 2 amide bonds. The standard InChI is InChI=1S/C17H19N5O2/c1-21-10-14(20-11-21)15(23)22-6-4-13-7-17(13,22)16(24)19-9-12-3-2-5-18-8-12/h2-3,5,8,10-11,13H,4,6-7,9H2,1H3,(H,19,24). The average Bonchev–Trinajstić information content (AvgIpc) is 2.97. The molecule has 0 radical (unpaired) electrons. The van der Waals surface area contributed by atoms with Crippen LogP contribution in [0.25, 0.3) is 0 Å². The van der Waals surface area contributed by atoms with Gasteiger partial charge in [-0.25, -0.2) is 4.98 Å². The largest absolute Gasteiger partial charge is 0.350 e. The molecule has 2 aliphatic rings. The topological polar surface area (TPSA) is 80.1 Å². The van der Waals surface area contributed by atoms with Gasteiger partial charge in [-0.2, -0.15) is 0 Å². The Kier molecular flexibility index (Phi) is 3.37. The third-order valence-electron chi connectivity index (χ3n) is 4.99. The van der Waals surface area contributed by atoms with Crippen LogP contribution >= 0.6 is 0 Å². The lowest BCUT2D eigenvalue weighted by atomic mass is 10.1. The first-order valence-electron chi connectivity index (χ1n) is 8.08. The molecule has 2 fully saturated rings. The number of aromatic nitrogens is 3. The van der Waals surface area contributed by atoms with Gasteiger partial charge in [-0.15, -0.1) is 0 Å². The molecule has 124 valence electrons. The minimum Gasteiger partial charge on any atom is -0.350 e. The number of fused-ring (bicyclic) bond motifs is 1. The van der Waals surface area contributed by atoms with Gasteiger partial charge < -0.3 is 14.8 Å². The summed E-state index contributed by atoms with van der Waals surface area (Å²) in [7, 11) is 1.82. The third-order valence-corrected chi connectivity index (χ3v) is 4.99. The molecule has 1 saturated carbocycles.